The average Bonchev–Trinajstić information content (AvgIpc) is 4.11. The predicted octanol–water partition coefficient (Wildman–Crippen LogP) is 5.41. The zero-order chi connectivity index (χ0) is 52.0. The number of H-pyrrole nitrogens is 1. The van der Waals surface area contributed by atoms with E-state index >= 15 is 4.39 Å². The molecule has 5 heterocycles. The van der Waals surface area contributed by atoms with E-state index in [2.05, 4.69) is 36.3 Å². The van der Waals surface area contributed by atoms with E-state index < -0.39 is 48.2 Å². The van der Waals surface area contributed by atoms with Gasteiger partial charge in [0.05, 0.1) is 24.0 Å². The number of aromatic amines is 1. The number of nitrogens with two attached hydrogens (primary N) is 1. The number of fused-ring (bicyclic) bond motifs is 1. The van der Waals surface area contributed by atoms with E-state index in [1.807, 2.05) is 37.3 Å². The van der Waals surface area contributed by atoms with Gasteiger partial charge >= 0.3 is 12.1 Å². The zero-order valence-electron chi connectivity index (χ0n) is 41.1. The third-order valence-electron chi connectivity index (χ3n) is 12.7. The van der Waals surface area contributed by atoms with E-state index in [0.717, 1.165) is 22.6 Å². The monoisotopic (exact) mass is 1000 g/mol. The van der Waals surface area contributed by atoms with E-state index in [1.54, 1.807) is 48.8 Å². The van der Waals surface area contributed by atoms with Crippen LogP contribution in [0.15, 0.2) is 79.3 Å². The number of nitrogens with one attached hydrogen (secondary N) is 5. The number of urea groups is 1. The smallest absolute Gasteiger partial charge is 0.410 e. The lowest BCUT2D eigenvalue weighted by Gasteiger charge is -2.35. The predicted molar refractivity (Wildman–Crippen MR) is 266 cm³/mol. The fraction of sp³-hybridized carbons (Fsp3) is 0.431. The molecule has 1 unspecified atom stereocenters. The third-order valence-corrected chi connectivity index (χ3v) is 12.7. The number of aromatic nitrogens is 6. The minimum absolute atomic E-state index is 0.0748. The lowest BCUT2D eigenvalue weighted by Crippen LogP contribution is -2.54. The fourth-order valence-corrected chi connectivity index (χ4v) is 8.79. The van der Waals surface area contributed by atoms with Gasteiger partial charge in [0, 0.05) is 54.8 Å². The van der Waals surface area contributed by atoms with E-state index in [4.69, 9.17) is 20.4 Å². The van der Waals surface area contributed by atoms with Crippen LogP contribution in [0.4, 0.5) is 19.7 Å². The van der Waals surface area contributed by atoms with Crippen molar-refractivity contribution in [1.29, 1.82) is 0 Å². The van der Waals surface area contributed by atoms with Crippen molar-refractivity contribution in [1.82, 2.24) is 55.3 Å². The number of anilines is 1. The Labute approximate surface area is 421 Å². The normalized spacial score (nSPS) is 16.3. The molecule has 0 bridgehead atoms. The van der Waals surface area contributed by atoms with Crippen molar-refractivity contribution in [3.8, 4) is 22.6 Å². The molecule has 21 nitrogen and oxygen atoms in total. The minimum Gasteiger partial charge on any atom is -0.445 e. The quantitative estimate of drug-likeness (QED) is 0.0354. The number of ether oxygens (including phenoxy) is 1. The average molecular weight is 1000 g/mol. The Hall–Kier alpha value is -8.04. The molecule has 1 aliphatic carbocycles. The summed E-state index contributed by atoms with van der Waals surface area (Å²) in [5, 5.41) is 15.0. The van der Waals surface area contributed by atoms with E-state index in [0.29, 0.717) is 78.3 Å². The first-order valence-corrected chi connectivity index (χ1v) is 24.6. The molecular weight excluding hydrogens is 942 g/mol. The van der Waals surface area contributed by atoms with Crippen molar-refractivity contribution in [2.45, 2.75) is 122 Å². The maximum absolute atomic E-state index is 15.7. The highest BCUT2D eigenvalue weighted by atomic mass is 19.1. The molecular formula is C51H62FN13O8. The van der Waals surface area contributed by atoms with Crippen molar-refractivity contribution < 1.29 is 42.7 Å². The molecule has 1 aromatic carbocycles. The Morgan fingerprint density at radius 3 is 2.42 bits per heavy atom. The lowest BCUT2D eigenvalue weighted by molar-refractivity contribution is -0.137. The summed E-state index contributed by atoms with van der Waals surface area (Å²) in [5.74, 6) is -2.17. The number of halogens is 1. The van der Waals surface area contributed by atoms with Crippen molar-refractivity contribution in [2.24, 2.45) is 11.7 Å². The Bertz CT molecular complexity index is 2790. The molecule has 1 saturated carbocycles. The second-order valence-electron chi connectivity index (χ2n) is 18.5. The van der Waals surface area contributed by atoms with Gasteiger partial charge in [-0.25, -0.2) is 28.5 Å². The number of carbonyl (C=O) groups is 7. The molecule has 386 valence electrons. The Kier molecular flexibility index (Phi) is 18.0. The van der Waals surface area contributed by atoms with E-state index in [9.17, 15) is 33.6 Å². The Balaban J connectivity index is 0.978. The van der Waals surface area contributed by atoms with Gasteiger partial charge in [-0.3, -0.25) is 38.8 Å². The molecule has 4 atom stereocenters. The van der Waals surface area contributed by atoms with Crippen molar-refractivity contribution in [2.75, 3.05) is 18.4 Å². The highest BCUT2D eigenvalue weighted by Gasteiger charge is 2.35. The molecule has 4 aromatic heterocycles. The van der Waals surface area contributed by atoms with Gasteiger partial charge in [0.2, 0.25) is 17.7 Å². The number of amides is 8. The largest absolute Gasteiger partial charge is 0.445 e. The highest BCUT2D eigenvalue weighted by Crippen LogP contribution is 2.32. The van der Waals surface area contributed by atoms with Crippen molar-refractivity contribution >= 4 is 53.0 Å². The summed E-state index contributed by atoms with van der Waals surface area (Å²) in [6, 6.07) is 12.3. The summed E-state index contributed by atoms with van der Waals surface area (Å²) in [6.45, 7) is 5.55. The first-order valence-electron chi connectivity index (χ1n) is 24.6. The second kappa shape index (κ2) is 24.9. The molecule has 7 rings (SSSR count). The summed E-state index contributed by atoms with van der Waals surface area (Å²) in [4.78, 5) is 109. The van der Waals surface area contributed by atoms with Gasteiger partial charge in [0.25, 0.3) is 11.8 Å². The summed E-state index contributed by atoms with van der Waals surface area (Å²) >= 11 is 0. The molecule has 1 fully saturated rings. The van der Waals surface area contributed by atoms with Gasteiger partial charge in [-0.15, -0.1) is 0 Å². The molecule has 1 aliphatic heterocycles. The zero-order valence-corrected chi connectivity index (χ0v) is 41.1. The number of primary amides is 1. The maximum Gasteiger partial charge on any atom is 0.410 e. The lowest BCUT2D eigenvalue weighted by atomic mass is 9.92. The number of alkyl halides is 1. The number of benzene rings is 1. The van der Waals surface area contributed by atoms with Crippen LogP contribution in [0.2, 0.25) is 0 Å². The van der Waals surface area contributed by atoms with Crippen LogP contribution in [-0.2, 0) is 41.9 Å². The number of hydrogen-bond donors (Lipinski definition) is 6. The van der Waals surface area contributed by atoms with Crippen LogP contribution in [-0.4, -0.2) is 118 Å². The van der Waals surface area contributed by atoms with Crippen LogP contribution >= 0.6 is 0 Å². The van der Waals surface area contributed by atoms with Crippen LogP contribution in [0.3, 0.4) is 0 Å². The number of unbranched alkanes of at least 4 members (excludes halogenated alkanes) is 2. The summed E-state index contributed by atoms with van der Waals surface area (Å²) in [6.07, 6.45) is 7.94. The number of aryl methyl sites for hydroxylation is 1. The van der Waals surface area contributed by atoms with Crippen LogP contribution < -0.4 is 27.0 Å². The number of imide groups is 1. The third kappa shape index (κ3) is 14.3. The Morgan fingerprint density at radius 1 is 0.932 bits per heavy atom. The van der Waals surface area contributed by atoms with Crippen LogP contribution in [0.5, 0.6) is 0 Å². The van der Waals surface area contributed by atoms with Gasteiger partial charge in [0.15, 0.2) is 5.65 Å². The number of pyridine rings is 2. The number of nitrogens with zero attached hydrogens (tertiary/aromatic N) is 7. The first-order chi connectivity index (χ1) is 35.1. The summed E-state index contributed by atoms with van der Waals surface area (Å²) < 4.78 is 23.2. The van der Waals surface area contributed by atoms with E-state index in [1.165, 1.54) is 23.4 Å². The molecule has 0 radical (unpaired) electrons. The SMILES string of the molecule is Cc1cccc(-c2nc(CN(C(=O)OCc3ccc(NC(=O)[C@H](CCCNC(N)=O)NC(=O)C(NC(=O)CCCCCN4C(=O)C=CC4=O)C(C)C)cc3)[C@H]3CCCC[C@@H]3F)[nH]c2-c2ccn3ncnc3c2)n1. The molecule has 8 amide bonds. The van der Waals surface area contributed by atoms with Gasteiger partial charge in [-0.1, -0.05) is 51.3 Å². The number of carbonyl (C=O) groups excluding carboxylic acids is 7. The van der Waals surface area contributed by atoms with E-state index in [-0.39, 0.29) is 69.1 Å². The van der Waals surface area contributed by atoms with Crippen LogP contribution in [0.25, 0.3) is 28.3 Å². The molecule has 22 heteroatoms. The second-order valence-corrected chi connectivity index (χ2v) is 18.5. The van der Waals surface area contributed by atoms with Gasteiger partial charge < -0.3 is 36.7 Å². The molecule has 73 heavy (non-hydrogen) atoms. The highest BCUT2D eigenvalue weighted by molar-refractivity contribution is 6.12. The van der Waals surface area contributed by atoms with Gasteiger partial charge in [0.1, 0.15) is 42.7 Å². The van der Waals surface area contributed by atoms with Crippen molar-refractivity contribution in [3.05, 3.63) is 96.4 Å². The number of hydrogen-bond acceptors (Lipinski definition) is 12. The molecule has 5 aromatic rings. The standard InChI is InChI=1S/C51H62FN13O8/c1-31(2)45(62-42(66)16-5-4-8-25-63-43(67)21-22-44(63)68)49(70)59-38(14-10-24-54-50(53)71)48(69)58-35-19-17-33(18-20-35)29-73-51(72)64(39-15-7-6-12-36(39)52)28-40-60-46(34-23-26-65-41(27-34)55-30-56-65)47(61-40)37-13-9-11-32(3)57-37/h9,11,13,17-23,26-27,30-31,36,38-39,45H,4-8,10,12,14-16,24-25,28-29H2,1-3H3,(H,58,69)(H,59,70)(H,60,61)(H,62,66)(H3,53,54,71)/t36-,38-,39-,45?/m0/s1. The van der Waals surface area contributed by atoms with Crippen LogP contribution in [0, 0.1) is 12.8 Å². The molecule has 0 saturated heterocycles. The number of imidazole rings is 1. The summed E-state index contributed by atoms with van der Waals surface area (Å²) in [7, 11) is 0. The van der Waals surface area contributed by atoms with Gasteiger partial charge in [-0.2, -0.15) is 5.10 Å². The van der Waals surface area contributed by atoms with Crippen molar-refractivity contribution in [3.63, 3.8) is 0 Å². The molecule has 0 spiro atoms. The minimum atomic E-state index is -1.27. The topological polar surface area (TPSA) is 281 Å². The molecule has 2 aliphatic rings. The number of rotatable bonds is 23. The first kappa shape index (κ1) is 52.8. The maximum atomic E-state index is 15.7. The summed E-state index contributed by atoms with van der Waals surface area (Å²) in [5.41, 5.74) is 10.2. The van der Waals surface area contributed by atoms with Gasteiger partial charge in [-0.05, 0) is 93.3 Å². The van der Waals surface area contributed by atoms with Crippen LogP contribution in [0.1, 0.15) is 95.1 Å². The molecule has 7 N–H and O–H groups in total. The fourth-order valence-electron chi connectivity index (χ4n) is 8.79. The Morgan fingerprint density at radius 2 is 1.70 bits per heavy atom.